The number of carbonyl (C=O) groups is 1. The predicted molar refractivity (Wildman–Crippen MR) is 103 cm³/mol. The van der Waals surface area contributed by atoms with Gasteiger partial charge >= 0.3 is 0 Å². The highest BCUT2D eigenvalue weighted by Crippen LogP contribution is 2.25. The van der Waals surface area contributed by atoms with Crippen molar-refractivity contribution in [2.75, 3.05) is 19.0 Å². The topological polar surface area (TPSA) is 80.5 Å². The number of rotatable bonds is 6. The van der Waals surface area contributed by atoms with Crippen molar-refractivity contribution >= 4 is 22.9 Å². The average molecular weight is 384 g/mol. The Morgan fingerprint density at radius 3 is 2.96 bits per heavy atom. The van der Waals surface area contributed by atoms with Crippen LogP contribution in [0, 0.1) is 0 Å². The molecule has 3 heterocycles. The van der Waals surface area contributed by atoms with E-state index < -0.39 is 0 Å². The maximum atomic E-state index is 12.7. The molecule has 3 aromatic rings. The zero-order valence-electron chi connectivity index (χ0n) is 14.9. The maximum absolute atomic E-state index is 12.7. The summed E-state index contributed by atoms with van der Waals surface area (Å²) in [5, 5.41) is 8.99. The van der Waals surface area contributed by atoms with Crippen molar-refractivity contribution in [1.29, 1.82) is 0 Å². The highest BCUT2D eigenvalue weighted by Gasteiger charge is 2.32. The van der Waals surface area contributed by atoms with Crippen LogP contribution in [0.25, 0.3) is 10.7 Å². The molecule has 0 radical (unpaired) electrons. The smallest absolute Gasteiger partial charge is 0.241 e. The summed E-state index contributed by atoms with van der Waals surface area (Å²) >= 11 is 1.57. The van der Waals surface area contributed by atoms with Crippen molar-refractivity contribution in [3.8, 4) is 16.5 Å². The Balaban J connectivity index is 1.40. The van der Waals surface area contributed by atoms with Crippen molar-refractivity contribution in [3.05, 3.63) is 47.7 Å². The van der Waals surface area contributed by atoms with Crippen LogP contribution in [0.5, 0.6) is 5.75 Å². The number of thiophene rings is 1. The molecule has 1 atom stereocenters. The largest absolute Gasteiger partial charge is 0.497 e. The van der Waals surface area contributed by atoms with Crippen molar-refractivity contribution in [3.63, 3.8) is 0 Å². The molecule has 1 unspecified atom stereocenters. The summed E-state index contributed by atoms with van der Waals surface area (Å²) in [6, 6.07) is 11.0. The molecule has 1 aromatic carbocycles. The van der Waals surface area contributed by atoms with Gasteiger partial charge < -0.3 is 14.6 Å². The molecule has 1 saturated heterocycles. The highest BCUT2D eigenvalue weighted by atomic mass is 32.1. The van der Waals surface area contributed by atoms with Crippen LogP contribution in [0.15, 0.2) is 46.3 Å². The molecule has 2 aromatic heterocycles. The number of benzene rings is 1. The lowest BCUT2D eigenvalue weighted by atomic mass is 10.2. The zero-order chi connectivity index (χ0) is 18.6. The van der Waals surface area contributed by atoms with Gasteiger partial charge in [0.2, 0.25) is 17.6 Å². The first kappa shape index (κ1) is 17.7. The molecule has 4 rings (SSSR count). The van der Waals surface area contributed by atoms with Crippen molar-refractivity contribution < 1.29 is 14.1 Å². The van der Waals surface area contributed by atoms with Crippen LogP contribution in [0.1, 0.15) is 18.7 Å². The van der Waals surface area contributed by atoms with E-state index in [1.54, 1.807) is 18.4 Å². The van der Waals surface area contributed by atoms with Crippen molar-refractivity contribution in [2.45, 2.75) is 25.4 Å². The van der Waals surface area contributed by atoms with E-state index in [2.05, 4.69) is 20.4 Å². The van der Waals surface area contributed by atoms with Crippen LogP contribution >= 0.6 is 11.3 Å². The van der Waals surface area contributed by atoms with Crippen LogP contribution < -0.4 is 10.1 Å². The number of nitrogens with zero attached hydrogens (tertiary/aromatic N) is 3. The van der Waals surface area contributed by atoms with Gasteiger partial charge in [0.15, 0.2) is 0 Å². The zero-order valence-corrected chi connectivity index (χ0v) is 15.7. The van der Waals surface area contributed by atoms with Gasteiger partial charge in [-0.2, -0.15) is 4.98 Å². The van der Waals surface area contributed by atoms with E-state index in [1.165, 1.54) is 0 Å². The third-order valence-electron chi connectivity index (χ3n) is 4.57. The Labute approximate surface area is 161 Å². The molecule has 1 aliphatic heterocycles. The molecular weight excluding hydrogens is 364 g/mol. The number of hydrogen-bond acceptors (Lipinski definition) is 7. The summed E-state index contributed by atoms with van der Waals surface area (Å²) in [5.74, 6) is 1.87. The van der Waals surface area contributed by atoms with E-state index in [4.69, 9.17) is 9.26 Å². The van der Waals surface area contributed by atoms with Crippen LogP contribution in [0.3, 0.4) is 0 Å². The SMILES string of the molecule is COc1ccc(NC(=O)C2CCCN2Cc2nc(-c3cccs3)no2)cc1. The average Bonchev–Trinajstić information content (AvgIpc) is 3.44. The number of nitrogens with one attached hydrogen (secondary N) is 1. The summed E-state index contributed by atoms with van der Waals surface area (Å²) in [7, 11) is 1.62. The molecule has 0 bridgehead atoms. The van der Waals surface area contributed by atoms with Gasteiger partial charge in [-0.25, -0.2) is 0 Å². The van der Waals surface area contributed by atoms with E-state index in [9.17, 15) is 4.79 Å². The lowest BCUT2D eigenvalue weighted by Crippen LogP contribution is -2.39. The number of carbonyl (C=O) groups excluding carboxylic acids is 1. The third-order valence-corrected chi connectivity index (χ3v) is 5.44. The molecule has 0 saturated carbocycles. The molecule has 1 fully saturated rings. The van der Waals surface area contributed by atoms with Gasteiger partial charge in [-0.05, 0) is 55.1 Å². The number of likely N-dealkylation sites (tertiary alicyclic amines) is 1. The van der Waals surface area contributed by atoms with Gasteiger partial charge in [0.25, 0.3) is 0 Å². The summed E-state index contributed by atoms with van der Waals surface area (Å²) in [6.45, 7) is 1.30. The lowest BCUT2D eigenvalue weighted by Gasteiger charge is -2.22. The molecule has 1 amide bonds. The first-order valence-electron chi connectivity index (χ1n) is 8.78. The van der Waals surface area contributed by atoms with Gasteiger partial charge in [0, 0.05) is 5.69 Å². The number of aromatic nitrogens is 2. The van der Waals surface area contributed by atoms with Gasteiger partial charge in [-0.3, -0.25) is 9.69 Å². The minimum absolute atomic E-state index is 0.0179. The van der Waals surface area contributed by atoms with Crippen LogP contribution in [-0.4, -0.2) is 40.6 Å². The van der Waals surface area contributed by atoms with E-state index in [0.29, 0.717) is 18.3 Å². The molecule has 0 spiro atoms. The van der Waals surface area contributed by atoms with Crippen LogP contribution in [0.2, 0.25) is 0 Å². The Kier molecular flexibility index (Phi) is 5.17. The Morgan fingerprint density at radius 1 is 1.37 bits per heavy atom. The summed E-state index contributed by atoms with van der Waals surface area (Å²) in [6.07, 6.45) is 1.78. The fourth-order valence-electron chi connectivity index (χ4n) is 3.21. The summed E-state index contributed by atoms with van der Waals surface area (Å²) < 4.78 is 10.5. The predicted octanol–water partition coefficient (Wildman–Crippen LogP) is 3.41. The van der Waals surface area contributed by atoms with Crippen LogP contribution in [0.4, 0.5) is 5.69 Å². The molecule has 8 heteroatoms. The van der Waals surface area contributed by atoms with E-state index in [-0.39, 0.29) is 11.9 Å². The fraction of sp³-hybridized carbons (Fsp3) is 0.316. The lowest BCUT2D eigenvalue weighted by molar-refractivity contribution is -0.120. The van der Waals surface area contributed by atoms with Gasteiger partial charge in [0.1, 0.15) is 5.75 Å². The Bertz CT molecular complexity index is 892. The number of hydrogen-bond donors (Lipinski definition) is 1. The van der Waals surface area contributed by atoms with E-state index >= 15 is 0 Å². The molecule has 1 aliphatic rings. The third kappa shape index (κ3) is 4.01. The second-order valence-corrected chi connectivity index (χ2v) is 7.28. The second-order valence-electron chi connectivity index (χ2n) is 6.34. The van der Waals surface area contributed by atoms with Crippen LogP contribution in [-0.2, 0) is 11.3 Å². The molecule has 7 nitrogen and oxygen atoms in total. The maximum Gasteiger partial charge on any atom is 0.241 e. The standard InChI is InChI=1S/C19H20N4O3S/c1-25-14-8-6-13(7-9-14)20-19(24)15-4-2-10-23(15)12-17-21-18(22-26-17)16-5-3-11-27-16/h3,5-9,11,15H,2,4,10,12H2,1H3,(H,20,24). The molecular formula is C19H20N4O3S. The molecule has 1 N–H and O–H groups in total. The minimum atomic E-state index is -0.204. The fourth-order valence-corrected chi connectivity index (χ4v) is 3.86. The first-order valence-corrected chi connectivity index (χ1v) is 9.66. The number of ether oxygens (including phenoxy) is 1. The van der Waals surface area contributed by atoms with Crippen molar-refractivity contribution in [2.24, 2.45) is 0 Å². The number of methoxy groups -OCH3 is 1. The Morgan fingerprint density at radius 2 is 2.22 bits per heavy atom. The van der Waals surface area contributed by atoms with E-state index in [0.717, 1.165) is 35.7 Å². The minimum Gasteiger partial charge on any atom is -0.497 e. The number of amides is 1. The first-order chi connectivity index (χ1) is 13.2. The summed E-state index contributed by atoms with van der Waals surface area (Å²) in [5.41, 5.74) is 0.755. The molecule has 27 heavy (non-hydrogen) atoms. The normalized spacial score (nSPS) is 17.1. The van der Waals surface area contributed by atoms with Gasteiger partial charge in [0.05, 0.1) is 24.6 Å². The summed E-state index contributed by atoms with van der Waals surface area (Å²) in [4.78, 5) is 20.2. The second kappa shape index (κ2) is 7.89. The van der Waals surface area contributed by atoms with Crippen molar-refractivity contribution in [1.82, 2.24) is 15.0 Å². The van der Waals surface area contributed by atoms with Gasteiger partial charge in [-0.1, -0.05) is 11.2 Å². The Hall–Kier alpha value is -2.71. The highest BCUT2D eigenvalue weighted by molar-refractivity contribution is 7.13. The molecule has 0 aliphatic carbocycles. The number of anilines is 1. The monoisotopic (exact) mass is 384 g/mol. The quantitative estimate of drug-likeness (QED) is 0.701. The molecule has 140 valence electrons. The van der Waals surface area contributed by atoms with E-state index in [1.807, 2.05) is 41.8 Å². The van der Waals surface area contributed by atoms with Gasteiger partial charge in [-0.15, -0.1) is 11.3 Å².